The molecular weight excluding hydrogens is 446 g/mol. The Balaban J connectivity index is 1.77. The van der Waals surface area contributed by atoms with Gasteiger partial charge in [0.2, 0.25) is 5.91 Å². The maximum Gasteiger partial charge on any atom is 0.224 e. The fourth-order valence-electron chi connectivity index (χ4n) is 2.26. The molecule has 1 amide bonds. The molecule has 0 saturated heterocycles. The molecule has 0 spiro atoms. The van der Waals surface area contributed by atoms with Crippen molar-refractivity contribution in [2.75, 3.05) is 11.9 Å². The summed E-state index contributed by atoms with van der Waals surface area (Å²) >= 11 is 6.94. The van der Waals surface area contributed by atoms with E-state index in [4.69, 9.17) is 4.74 Å². The summed E-state index contributed by atoms with van der Waals surface area (Å²) < 4.78 is 7.72. The first-order chi connectivity index (χ1) is 11.8. The van der Waals surface area contributed by atoms with Crippen LogP contribution in [0, 0.1) is 0 Å². The van der Waals surface area contributed by atoms with Crippen LogP contribution < -0.4 is 10.1 Å². The third kappa shape index (κ3) is 6.48. The second kappa shape index (κ2) is 8.86. The lowest BCUT2D eigenvalue weighted by atomic mass is 9.87. The number of rotatable bonds is 6. The molecule has 2 aromatic carbocycles. The summed E-state index contributed by atoms with van der Waals surface area (Å²) in [6, 6.07) is 13.7. The maximum absolute atomic E-state index is 11.9. The standard InChI is InChI=1S/C20H23Br2NO2/c1-20(2,3)14-6-11-18(17(22)13-14)25-12-4-5-19(24)23-16-9-7-15(21)8-10-16/h6-11,13H,4-5,12H2,1-3H3,(H,23,24). The summed E-state index contributed by atoms with van der Waals surface area (Å²) in [7, 11) is 0. The SMILES string of the molecule is CC(C)(C)c1ccc(OCCCC(=O)Nc2ccc(Br)cc2)c(Br)c1. The molecule has 5 heteroatoms. The van der Waals surface area contributed by atoms with Gasteiger partial charge in [0, 0.05) is 16.6 Å². The lowest BCUT2D eigenvalue weighted by Gasteiger charge is -2.20. The van der Waals surface area contributed by atoms with Crippen LogP contribution in [0.5, 0.6) is 5.75 Å². The van der Waals surface area contributed by atoms with E-state index in [9.17, 15) is 4.79 Å². The van der Waals surface area contributed by atoms with Crippen molar-refractivity contribution in [3.8, 4) is 5.75 Å². The zero-order chi connectivity index (χ0) is 18.4. The van der Waals surface area contributed by atoms with Crippen LogP contribution in [0.2, 0.25) is 0 Å². The topological polar surface area (TPSA) is 38.3 Å². The van der Waals surface area contributed by atoms with Crippen LogP contribution in [0.25, 0.3) is 0 Å². The number of amides is 1. The smallest absolute Gasteiger partial charge is 0.224 e. The number of nitrogens with one attached hydrogen (secondary N) is 1. The van der Waals surface area contributed by atoms with Gasteiger partial charge in [0.15, 0.2) is 0 Å². The second-order valence-corrected chi connectivity index (χ2v) is 8.67. The molecule has 134 valence electrons. The summed E-state index contributed by atoms with van der Waals surface area (Å²) in [5, 5.41) is 2.88. The zero-order valence-electron chi connectivity index (χ0n) is 14.7. The van der Waals surface area contributed by atoms with Crippen LogP contribution in [0.1, 0.15) is 39.2 Å². The summed E-state index contributed by atoms with van der Waals surface area (Å²) in [5.74, 6) is 0.800. The molecule has 2 rings (SSSR count). The van der Waals surface area contributed by atoms with Crippen molar-refractivity contribution in [3.05, 3.63) is 57.0 Å². The highest BCUT2D eigenvalue weighted by Gasteiger charge is 2.15. The van der Waals surface area contributed by atoms with Crippen LogP contribution >= 0.6 is 31.9 Å². The molecule has 0 atom stereocenters. The van der Waals surface area contributed by atoms with Gasteiger partial charge in [-0.05, 0) is 69.7 Å². The van der Waals surface area contributed by atoms with Gasteiger partial charge in [-0.25, -0.2) is 0 Å². The molecule has 0 fully saturated rings. The minimum absolute atomic E-state index is 0.00642. The van der Waals surface area contributed by atoms with Gasteiger partial charge in [-0.2, -0.15) is 0 Å². The fraction of sp³-hybridized carbons (Fsp3) is 0.350. The predicted octanol–water partition coefficient (Wildman–Crippen LogP) is 6.31. The Bertz CT molecular complexity index is 721. The van der Waals surface area contributed by atoms with Crippen LogP contribution in [-0.4, -0.2) is 12.5 Å². The Morgan fingerprint density at radius 1 is 1.08 bits per heavy atom. The quantitative estimate of drug-likeness (QED) is 0.504. The minimum Gasteiger partial charge on any atom is -0.492 e. The van der Waals surface area contributed by atoms with Crippen molar-refractivity contribution >= 4 is 43.5 Å². The number of anilines is 1. The lowest BCUT2D eigenvalue weighted by Crippen LogP contribution is -2.13. The number of hydrogen-bond donors (Lipinski definition) is 1. The number of carbonyl (C=O) groups is 1. The highest BCUT2D eigenvalue weighted by molar-refractivity contribution is 9.10. The molecule has 0 bridgehead atoms. The van der Waals surface area contributed by atoms with Crippen LogP contribution in [0.15, 0.2) is 51.4 Å². The van der Waals surface area contributed by atoms with Crippen LogP contribution in [0.4, 0.5) is 5.69 Å². The summed E-state index contributed by atoms with van der Waals surface area (Å²) in [4.78, 5) is 11.9. The van der Waals surface area contributed by atoms with Crippen molar-refractivity contribution in [3.63, 3.8) is 0 Å². The Labute approximate surface area is 166 Å². The molecule has 25 heavy (non-hydrogen) atoms. The van der Waals surface area contributed by atoms with Crippen molar-refractivity contribution < 1.29 is 9.53 Å². The highest BCUT2D eigenvalue weighted by Crippen LogP contribution is 2.31. The van der Waals surface area contributed by atoms with Gasteiger partial charge in [0.25, 0.3) is 0 Å². The van der Waals surface area contributed by atoms with E-state index in [-0.39, 0.29) is 11.3 Å². The maximum atomic E-state index is 11.9. The second-order valence-electron chi connectivity index (χ2n) is 6.90. The molecule has 1 N–H and O–H groups in total. The molecule has 0 aliphatic carbocycles. The van der Waals surface area contributed by atoms with Gasteiger partial charge in [0.05, 0.1) is 11.1 Å². The Morgan fingerprint density at radius 2 is 1.76 bits per heavy atom. The van der Waals surface area contributed by atoms with Crippen molar-refractivity contribution in [2.45, 2.75) is 39.0 Å². The summed E-state index contributed by atoms with van der Waals surface area (Å²) in [6.45, 7) is 7.04. The number of hydrogen-bond acceptors (Lipinski definition) is 2. The average molecular weight is 469 g/mol. The third-order valence-corrected chi connectivity index (χ3v) is 4.88. The van der Waals surface area contributed by atoms with Crippen LogP contribution in [-0.2, 0) is 10.2 Å². The summed E-state index contributed by atoms with van der Waals surface area (Å²) in [6.07, 6.45) is 1.09. The number of carbonyl (C=O) groups excluding carboxylic acids is 1. The Kier molecular flexibility index (Phi) is 7.08. The molecular formula is C20H23Br2NO2. The van der Waals surface area contributed by atoms with Crippen molar-refractivity contribution in [2.24, 2.45) is 0 Å². The van der Waals surface area contributed by atoms with Gasteiger partial charge in [-0.3, -0.25) is 4.79 Å². The molecule has 0 aliphatic heterocycles. The number of benzene rings is 2. The van der Waals surface area contributed by atoms with Crippen molar-refractivity contribution in [1.29, 1.82) is 0 Å². The van der Waals surface area contributed by atoms with Gasteiger partial charge >= 0.3 is 0 Å². The van der Waals surface area contributed by atoms with E-state index in [0.717, 1.165) is 20.4 Å². The van der Waals surface area contributed by atoms with Gasteiger partial charge in [-0.15, -0.1) is 0 Å². The van der Waals surface area contributed by atoms with Gasteiger partial charge in [0.1, 0.15) is 5.75 Å². The Hall–Kier alpha value is -1.33. The zero-order valence-corrected chi connectivity index (χ0v) is 17.9. The van der Waals surface area contributed by atoms with E-state index in [2.05, 4.69) is 70.1 Å². The minimum atomic E-state index is -0.00642. The lowest BCUT2D eigenvalue weighted by molar-refractivity contribution is -0.116. The van der Waals surface area contributed by atoms with Crippen molar-refractivity contribution in [1.82, 2.24) is 0 Å². The molecule has 3 nitrogen and oxygen atoms in total. The fourth-order valence-corrected chi connectivity index (χ4v) is 3.01. The molecule has 2 aromatic rings. The molecule has 0 radical (unpaired) electrons. The van der Waals surface area contributed by atoms with Gasteiger partial charge < -0.3 is 10.1 Å². The van der Waals surface area contributed by atoms with E-state index < -0.39 is 0 Å². The third-order valence-electron chi connectivity index (χ3n) is 3.73. The molecule has 0 unspecified atom stereocenters. The first-order valence-electron chi connectivity index (χ1n) is 8.24. The summed E-state index contributed by atoms with van der Waals surface area (Å²) in [5.41, 5.74) is 2.15. The average Bonchev–Trinajstić information content (AvgIpc) is 2.54. The largest absolute Gasteiger partial charge is 0.492 e. The molecule has 0 aliphatic rings. The first-order valence-corrected chi connectivity index (χ1v) is 9.82. The van der Waals surface area contributed by atoms with E-state index in [1.54, 1.807) is 0 Å². The van der Waals surface area contributed by atoms with E-state index in [1.807, 2.05) is 30.3 Å². The number of ether oxygens (including phenoxy) is 1. The monoisotopic (exact) mass is 467 g/mol. The molecule has 0 heterocycles. The molecule has 0 saturated carbocycles. The van der Waals surface area contributed by atoms with Crippen LogP contribution in [0.3, 0.4) is 0 Å². The Morgan fingerprint density at radius 3 is 2.36 bits per heavy atom. The normalized spacial score (nSPS) is 11.2. The van der Waals surface area contributed by atoms with E-state index >= 15 is 0 Å². The number of halogens is 2. The van der Waals surface area contributed by atoms with Gasteiger partial charge in [-0.1, -0.05) is 42.8 Å². The van der Waals surface area contributed by atoms with E-state index in [0.29, 0.717) is 19.4 Å². The molecule has 0 aromatic heterocycles. The highest BCUT2D eigenvalue weighted by atomic mass is 79.9. The van der Waals surface area contributed by atoms with E-state index in [1.165, 1.54) is 5.56 Å². The predicted molar refractivity (Wildman–Crippen MR) is 110 cm³/mol. The first kappa shape index (κ1) is 20.0.